The van der Waals surface area contributed by atoms with Crippen molar-refractivity contribution in [1.82, 2.24) is 14.8 Å². The first-order chi connectivity index (χ1) is 8.36. The molecular formula is C14H17N3. The van der Waals surface area contributed by atoms with Gasteiger partial charge in [-0.05, 0) is 24.3 Å². The molecule has 0 amide bonds. The lowest BCUT2D eigenvalue weighted by molar-refractivity contribution is 0.274. The molecule has 1 heterocycles. The van der Waals surface area contributed by atoms with E-state index in [-0.39, 0.29) is 0 Å². The van der Waals surface area contributed by atoms with Crippen molar-refractivity contribution in [3.05, 3.63) is 48.0 Å². The zero-order valence-corrected chi connectivity index (χ0v) is 10.1. The van der Waals surface area contributed by atoms with Crippen LogP contribution in [0.3, 0.4) is 0 Å². The monoisotopic (exact) mass is 227 g/mol. The van der Waals surface area contributed by atoms with E-state index in [9.17, 15) is 0 Å². The summed E-state index contributed by atoms with van der Waals surface area (Å²) in [6.45, 7) is 0. The Labute approximate surface area is 101 Å². The molecule has 17 heavy (non-hydrogen) atoms. The van der Waals surface area contributed by atoms with Crippen LogP contribution in [0.25, 0.3) is 0 Å². The molecule has 3 nitrogen and oxygen atoms in total. The van der Waals surface area contributed by atoms with Crippen molar-refractivity contribution in [2.24, 2.45) is 13.0 Å². The third kappa shape index (κ3) is 1.86. The van der Waals surface area contributed by atoms with E-state index in [0.29, 0.717) is 5.92 Å². The van der Waals surface area contributed by atoms with Gasteiger partial charge in [0.25, 0.3) is 0 Å². The Morgan fingerprint density at radius 2 is 2.00 bits per heavy atom. The predicted molar refractivity (Wildman–Crippen MR) is 66.6 cm³/mol. The van der Waals surface area contributed by atoms with Crippen LogP contribution in [0, 0.1) is 5.92 Å². The van der Waals surface area contributed by atoms with Crippen LogP contribution in [0.1, 0.15) is 36.6 Å². The van der Waals surface area contributed by atoms with Gasteiger partial charge in [0.05, 0.1) is 0 Å². The fourth-order valence-corrected chi connectivity index (χ4v) is 2.64. The number of hydrogen-bond acceptors (Lipinski definition) is 2. The van der Waals surface area contributed by atoms with Gasteiger partial charge in [-0.2, -0.15) is 0 Å². The van der Waals surface area contributed by atoms with E-state index in [1.165, 1.54) is 24.8 Å². The normalized spacial score (nSPS) is 17.7. The zero-order valence-electron chi connectivity index (χ0n) is 10.1. The second-order valence-corrected chi connectivity index (χ2v) is 4.88. The molecule has 0 aliphatic heterocycles. The molecule has 0 N–H and O–H groups in total. The molecule has 3 rings (SSSR count). The maximum atomic E-state index is 4.31. The summed E-state index contributed by atoms with van der Waals surface area (Å²) in [5, 5.41) is 8.33. The molecule has 1 aromatic carbocycles. The first-order valence-electron chi connectivity index (χ1n) is 6.25. The van der Waals surface area contributed by atoms with Crippen LogP contribution in [0.15, 0.2) is 36.7 Å². The third-order valence-corrected chi connectivity index (χ3v) is 3.80. The summed E-state index contributed by atoms with van der Waals surface area (Å²) >= 11 is 0. The van der Waals surface area contributed by atoms with Crippen LogP contribution in [-0.4, -0.2) is 14.8 Å². The lowest BCUT2D eigenvalue weighted by Crippen LogP contribution is -2.23. The Kier molecular flexibility index (Phi) is 2.67. The van der Waals surface area contributed by atoms with Crippen molar-refractivity contribution in [3.8, 4) is 0 Å². The quantitative estimate of drug-likeness (QED) is 0.807. The highest BCUT2D eigenvalue weighted by atomic mass is 15.2. The van der Waals surface area contributed by atoms with Gasteiger partial charge in [-0.3, -0.25) is 0 Å². The number of aromatic nitrogens is 3. The Bertz CT molecular complexity index is 485. The van der Waals surface area contributed by atoms with E-state index < -0.39 is 0 Å². The Morgan fingerprint density at radius 3 is 2.53 bits per heavy atom. The number of nitrogens with zero attached hydrogens (tertiary/aromatic N) is 3. The molecule has 1 aliphatic carbocycles. The molecular weight excluding hydrogens is 210 g/mol. The number of hydrogen-bond donors (Lipinski definition) is 0. The van der Waals surface area contributed by atoms with Gasteiger partial charge in [-0.15, -0.1) is 10.2 Å². The van der Waals surface area contributed by atoms with Crippen molar-refractivity contribution in [2.45, 2.75) is 25.2 Å². The number of aryl methyl sites for hydroxylation is 1. The van der Waals surface area contributed by atoms with E-state index >= 15 is 0 Å². The summed E-state index contributed by atoms with van der Waals surface area (Å²) in [5.41, 5.74) is 1.37. The van der Waals surface area contributed by atoms with Crippen LogP contribution < -0.4 is 0 Å². The molecule has 0 spiro atoms. The predicted octanol–water partition coefficient (Wildman–Crippen LogP) is 2.75. The van der Waals surface area contributed by atoms with Gasteiger partial charge in [0.15, 0.2) is 0 Å². The molecule has 1 fully saturated rings. The SMILES string of the molecule is Cn1cnnc1[C@@H](c1ccccc1)C1CCC1. The zero-order chi connectivity index (χ0) is 11.7. The maximum Gasteiger partial charge on any atom is 0.140 e. The highest BCUT2D eigenvalue weighted by Crippen LogP contribution is 2.42. The molecule has 1 saturated carbocycles. The van der Waals surface area contributed by atoms with Gasteiger partial charge in [0.1, 0.15) is 12.2 Å². The van der Waals surface area contributed by atoms with Crippen LogP contribution >= 0.6 is 0 Å². The van der Waals surface area contributed by atoms with Crippen LogP contribution in [-0.2, 0) is 7.05 Å². The molecule has 0 bridgehead atoms. The van der Waals surface area contributed by atoms with Crippen molar-refractivity contribution < 1.29 is 0 Å². The maximum absolute atomic E-state index is 4.31. The molecule has 1 aromatic heterocycles. The van der Waals surface area contributed by atoms with E-state index in [4.69, 9.17) is 0 Å². The van der Waals surface area contributed by atoms with Gasteiger partial charge in [0, 0.05) is 13.0 Å². The smallest absolute Gasteiger partial charge is 0.140 e. The van der Waals surface area contributed by atoms with Crippen LogP contribution in [0.4, 0.5) is 0 Å². The van der Waals surface area contributed by atoms with E-state index in [2.05, 4.69) is 45.1 Å². The van der Waals surface area contributed by atoms with E-state index in [1.807, 2.05) is 7.05 Å². The summed E-state index contributed by atoms with van der Waals surface area (Å²) < 4.78 is 2.05. The van der Waals surface area contributed by atoms with Gasteiger partial charge in [-0.25, -0.2) is 0 Å². The molecule has 88 valence electrons. The second-order valence-electron chi connectivity index (χ2n) is 4.88. The molecule has 0 saturated heterocycles. The van der Waals surface area contributed by atoms with Gasteiger partial charge >= 0.3 is 0 Å². The van der Waals surface area contributed by atoms with Gasteiger partial charge in [-0.1, -0.05) is 36.8 Å². The Hall–Kier alpha value is -1.64. The Morgan fingerprint density at radius 1 is 1.24 bits per heavy atom. The summed E-state index contributed by atoms with van der Waals surface area (Å²) in [6, 6.07) is 10.7. The van der Waals surface area contributed by atoms with E-state index in [0.717, 1.165) is 11.7 Å². The minimum absolute atomic E-state index is 0.414. The van der Waals surface area contributed by atoms with E-state index in [1.54, 1.807) is 6.33 Å². The topological polar surface area (TPSA) is 30.7 Å². The standard InChI is InChI=1S/C14H17N3/c1-17-10-15-16-14(17)13(12-8-5-9-12)11-6-3-2-4-7-11/h2-4,6-7,10,12-13H,5,8-9H2,1H3/t13-/m0/s1. The minimum Gasteiger partial charge on any atom is -0.320 e. The first kappa shape index (κ1) is 10.5. The highest BCUT2D eigenvalue weighted by molar-refractivity contribution is 5.27. The van der Waals surface area contributed by atoms with Crippen molar-refractivity contribution >= 4 is 0 Å². The third-order valence-electron chi connectivity index (χ3n) is 3.80. The largest absolute Gasteiger partial charge is 0.320 e. The molecule has 1 aliphatic rings. The summed E-state index contributed by atoms with van der Waals surface area (Å²) in [4.78, 5) is 0. The van der Waals surface area contributed by atoms with Crippen molar-refractivity contribution in [1.29, 1.82) is 0 Å². The number of rotatable bonds is 3. The lowest BCUT2D eigenvalue weighted by atomic mass is 9.72. The molecule has 0 unspecified atom stereocenters. The minimum atomic E-state index is 0.414. The summed E-state index contributed by atoms with van der Waals surface area (Å²) in [6.07, 6.45) is 5.77. The molecule has 1 atom stereocenters. The van der Waals surface area contributed by atoms with Crippen LogP contribution in [0.2, 0.25) is 0 Å². The summed E-state index contributed by atoms with van der Waals surface area (Å²) in [5.74, 6) is 2.25. The molecule has 2 aromatic rings. The fraction of sp³-hybridized carbons (Fsp3) is 0.429. The average Bonchev–Trinajstić information content (AvgIpc) is 2.71. The van der Waals surface area contributed by atoms with Gasteiger partial charge < -0.3 is 4.57 Å². The van der Waals surface area contributed by atoms with Gasteiger partial charge in [0.2, 0.25) is 0 Å². The lowest BCUT2D eigenvalue weighted by Gasteiger charge is -2.33. The summed E-state index contributed by atoms with van der Waals surface area (Å²) in [7, 11) is 2.03. The average molecular weight is 227 g/mol. The fourth-order valence-electron chi connectivity index (χ4n) is 2.64. The second kappa shape index (κ2) is 4.32. The van der Waals surface area contributed by atoms with Crippen molar-refractivity contribution in [2.75, 3.05) is 0 Å². The number of benzene rings is 1. The van der Waals surface area contributed by atoms with Crippen LogP contribution in [0.5, 0.6) is 0 Å². The highest BCUT2D eigenvalue weighted by Gasteiger charge is 2.32. The Balaban J connectivity index is 2.01. The van der Waals surface area contributed by atoms with Crippen molar-refractivity contribution in [3.63, 3.8) is 0 Å². The first-order valence-corrected chi connectivity index (χ1v) is 6.25. The molecule has 3 heteroatoms. The molecule has 0 radical (unpaired) electrons.